The Morgan fingerprint density at radius 2 is 2.00 bits per heavy atom. The van der Waals surface area contributed by atoms with Gasteiger partial charge in [-0.3, -0.25) is 4.90 Å². The van der Waals surface area contributed by atoms with Gasteiger partial charge in [-0.2, -0.15) is 13.2 Å². The lowest BCUT2D eigenvalue weighted by Crippen LogP contribution is -2.48. The molecule has 1 aliphatic heterocycles. The number of hydrogen-bond donors (Lipinski definition) is 1. The zero-order chi connectivity index (χ0) is 13.2. The number of nitrogens with one attached hydrogen (secondary N) is 1. The van der Waals surface area contributed by atoms with Crippen LogP contribution < -0.4 is 5.32 Å². The molecular formula is C12H17F3N2O. The zero-order valence-corrected chi connectivity index (χ0v) is 10.3. The Labute approximate surface area is 104 Å². The van der Waals surface area contributed by atoms with Crippen molar-refractivity contribution in [2.75, 3.05) is 26.2 Å². The Kier molecular flexibility index (Phi) is 3.97. The van der Waals surface area contributed by atoms with Crippen LogP contribution in [0.5, 0.6) is 0 Å². The zero-order valence-electron chi connectivity index (χ0n) is 10.3. The second-order valence-corrected chi connectivity index (χ2v) is 4.39. The molecule has 6 heteroatoms. The topological polar surface area (TPSA) is 28.4 Å². The van der Waals surface area contributed by atoms with E-state index in [4.69, 9.17) is 4.42 Å². The molecule has 2 rings (SSSR count). The highest BCUT2D eigenvalue weighted by molar-refractivity contribution is 5.13. The maximum absolute atomic E-state index is 13.2. The molecule has 1 N–H and O–H groups in total. The molecule has 18 heavy (non-hydrogen) atoms. The van der Waals surface area contributed by atoms with Gasteiger partial charge >= 0.3 is 6.18 Å². The van der Waals surface area contributed by atoms with E-state index in [1.54, 1.807) is 6.07 Å². The molecule has 1 atom stereocenters. The number of halogens is 3. The van der Waals surface area contributed by atoms with Crippen molar-refractivity contribution in [3.8, 4) is 0 Å². The van der Waals surface area contributed by atoms with Crippen molar-refractivity contribution in [3.63, 3.8) is 0 Å². The molecule has 3 nitrogen and oxygen atoms in total. The first-order valence-electron chi connectivity index (χ1n) is 6.12. The van der Waals surface area contributed by atoms with Gasteiger partial charge in [0.25, 0.3) is 0 Å². The first-order chi connectivity index (χ1) is 8.52. The fourth-order valence-corrected chi connectivity index (χ4v) is 2.22. The minimum absolute atomic E-state index is 0.00116. The van der Waals surface area contributed by atoms with Crippen LogP contribution in [0.3, 0.4) is 0 Å². The van der Waals surface area contributed by atoms with Gasteiger partial charge in [-0.25, -0.2) is 0 Å². The number of hydrogen-bond acceptors (Lipinski definition) is 3. The van der Waals surface area contributed by atoms with E-state index >= 15 is 0 Å². The van der Waals surface area contributed by atoms with E-state index < -0.39 is 12.2 Å². The first-order valence-corrected chi connectivity index (χ1v) is 6.12. The molecule has 0 amide bonds. The maximum Gasteiger partial charge on any atom is 0.411 e. The van der Waals surface area contributed by atoms with Crippen molar-refractivity contribution >= 4 is 0 Å². The van der Waals surface area contributed by atoms with Crippen molar-refractivity contribution in [2.45, 2.75) is 25.6 Å². The average molecular weight is 262 g/mol. The second kappa shape index (κ2) is 5.32. The first kappa shape index (κ1) is 13.4. The number of alkyl halides is 3. The molecule has 0 unspecified atom stereocenters. The van der Waals surface area contributed by atoms with Crippen LogP contribution in [0.2, 0.25) is 0 Å². The smallest absolute Gasteiger partial charge is 0.411 e. The van der Waals surface area contributed by atoms with Gasteiger partial charge in [0.1, 0.15) is 11.5 Å². The van der Waals surface area contributed by atoms with Gasteiger partial charge in [0.2, 0.25) is 0 Å². The molecular weight excluding hydrogens is 245 g/mol. The largest absolute Gasteiger partial charge is 0.464 e. The van der Waals surface area contributed by atoms with Crippen LogP contribution in [-0.4, -0.2) is 37.3 Å². The summed E-state index contributed by atoms with van der Waals surface area (Å²) in [7, 11) is 0. The van der Waals surface area contributed by atoms with E-state index in [0.717, 1.165) is 0 Å². The van der Waals surface area contributed by atoms with Crippen molar-refractivity contribution in [2.24, 2.45) is 0 Å². The van der Waals surface area contributed by atoms with Crippen LogP contribution >= 0.6 is 0 Å². The van der Waals surface area contributed by atoms with Crippen LogP contribution in [0.4, 0.5) is 13.2 Å². The summed E-state index contributed by atoms with van der Waals surface area (Å²) in [6.45, 7) is 3.77. The highest BCUT2D eigenvalue weighted by Gasteiger charge is 2.46. The number of aryl methyl sites for hydroxylation is 1. The maximum atomic E-state index is 13.2. The van der Waals surface area contributed by atoms with Gasteiger partial charge < -0.3 is 9.73 Å². The van der Waals surface area contributed by atoms with Crippen molar-refractivity contribution in [1.29, 1.82) is 0 Å². The van der Waals surface area contributed by atoms with Crippen molar-refractivity contribution in [1.82, 2.24) is 10.2 Å². The van der Waals surface area contributed by atoms with Gasteiger partial charge in [-0.05, 0) is 12.1 Å². The summed E-state index contributed by atoms with van der Waals surface area (Å²) in [5.74, 6) is 0.593. The predicted molar refractivity (Wildman–Crippen MR) is 61.3 cm³/mol. The van der Waals surface area contributed by atoms with Gasteiger partial charge in [-0.1, -0.05) is 6.92 Å². The molecule has 1 aromatic heterocycles. The standard InChI is InChI=1S/C12H17F3N2O/c1-2-9-3-4-10(18-9)11(12(13,14)15)17-7-5-16-6-8-17/h3-4,11,16H,2,5-8H2,1H3/t11-/m0/s1. The fraction of sp³-hybridized carbons (Fsp3) is 0.667. The van der Waals surface area contributed by atoms with Crippen LogP contribution in [0.15, 0.2) is 16.5 Å². The fourth-order valence-electron chi connectivity index (χ4n) is 2.22. The normalized spacial score (nSPS) is 20.0. The SMILES string of the molecule is CCc1ccc([C@H](N2CCNCC2)C(F)(F)F)o1. The molecule has 0 radical (unpaired) electrons. The van der Waals surface area contributed by atoms with Gasteiger partial charge in [0, 0.05) is 32.6 Å². The second-order valence-electron chi connectivity index (χ2n) is 4.39. The Morgan fingerprint density at radius 1 is 1.33 bits per heavy atom. The summed E-state index contributed by atoms with van der Waals surface area (Å²) in [4.78, 5) is 1.43. The molecule has 0 aromatic carbocycles. The summed E-state index contributed by atoms with van der Waals surface area (Å²) >= 11 is 0. The molecule has 1 saturated heterocycles. The molecule has 0 aliphatic carbocycles. The lowest BCUT2D eigenvalue weighted by atomic mass is 10.1. The van der Waals surface area contributed by atoms with E-state index in [9.17, 15) is 13.2 Å². The Bertz CT molecular complexity index is 383. The number of rotatable bonds is 3. The molecule has 0 saturated carbocycles. The summed E-state index contributed by atoms with van der Waals surface area (Å²) in [5.41, 5.74) is 0. The number of piperazine rings is 1. The molecule has 0 spiro atoms. The van der Waals surface area contributed by atoms with E-state index in [1.807, 2.05) is 6.92 Å². The van der Waals surface area contributed by atoms with E-state index in [0.29, 0.717) is 38.4 Å². The Morgan fingerprint density at radius 3 is 2.50 bits per heavy atom. The van der Waals surface area contributed by atoms with Gasteiger partial charge in [-0.15, -0.1) is 0 Å². The van der Waals surface area contributed by atoms with Crippen LogP contribution in [-0.2, 0) is 6.42 Å². The third kappa shape index (κ3) is 2.87. The molecule has 102 valence electrons. The van der Waals surface area contributed by atoms with E-state index in [1.165, 1.54) is 11.0 Å². The van der Waals surface area contributed by atoms with E-state index in [-0.39, 0.29) is 5.76 Å². The van der Waals surface area contributed by atoms with Gasteiger partial charge in [0.05, 0.1) is 0 Å². The molecule has 2 heterocycles. The Balaban J connectivity index is 2.24. The number of nitrogens with zero attached hydrogens (tertiary/aromatic N) is 1. The lowest BCUT2D eigenvalue weighted by Gasteiger charge is -2.34. The highest BCUT2D eigenvalue weighted by Crippen LogP contribution is 2.38. The molecule has 1 fully saturated rings. The predicted octanol–water partition coefficient (Wildman–Crippen LogP) is 2.35. The third-order valence-electron chi connectivity index (χ3n) is 3.13. The molecule has 1 aromatic rings. The van der Waals surface area contributed by atoms with Crippen molar-refractivity contribution < 1.29 is 17.6 Å². The highest BCUT2D eigenvalue weighted by atomic mass is 19.4. The van der Waals surface area contributed by atoms with Crippen LogP contribution in [0.1, 0.15) is 24.5 Å². The van der Waals surface area contributed by atoms with Gasteiger partial charge in [0.15, 0.2) is 6.04 Å². The van der Waals surface area contributed by atoms with Crippen LogP contribution in [0.25, 0.3) is 0 Å². The molecule has 0 bridgehead atoms. The average Bonchev–Trinajstić information content (AvgIpc) is 2.77. The van der Waals surface area contributed by atoms with E-state index in [2.05, 4.69) is 5.32 Å². The molecule has 1 aliphatic rings. The minimum Gasteiger partial charge on any atom is -0.464 e. The van der Waals surface area contributed by atoms with Crippen LogP contribution in [0, 0.1) is 0 Å². The monoisotopic (exact) mass is 262 g/mol. The summed E-state index contributed by atoms with van der Waals surface area (Å²) in [6, 6.07) is 1.44. The third-order valence-corrected chi connectivity index (χ3v) is 3.13. The van der Waals surface area contributed by atoms with Crippen molar-refractivity contribution in [3.05, 3.63) is 23.7 Å². The summed E-state index contributed by atoms with van der Waals surface area (Å²) in [6.07, 6.45) is -3.70. The quantitative estimate of drug-likeness (QED) is 0.906. The lowest BCUT2D eigenvalue weighted by molar-refractivity contribution is -0.192. The summed E-state index contributed by atoms with van der Waals surface area (Å²) < 4.78 is 44.8. The number of furan rings is 1. The minimum atomic E-state index is -4.31. The Hall–Kier alpha value is -1.01. The summed E-state index contributed by atoms with van der Waals surface area (Å²) in [5, 5.41) is 3.05.